The molecule has 0 aliphatic carbocycles. The van der Waals surface area contributed by atoms with Crippen molar-refractivity contribution in [2.45, 2.75) is 23.4 Å². The summed E-state index contributed by atoms with van der Waals surface area (Å²) in [5.41, 5.74) is 0.836. The normalized spacial score (nSPS) is 22.9. The fraction of sp³-hybridized carbons (Fsp3) is 0.333. The molecule has 3 rings (SSSR count). The van der Waals surface area contributed by atoms with Crippen molar-refractivity contribution in [3.8, 4) is 0 Å². The van der Waals surface area contributed by atoms with E-state index < -0.39 is 0 Å². The zero-order chi connectivity index (χ0) is 12.0. The molecule has 0 fully saturated rings. The second-order valence-corrected chi connectivity index (χ2v) is 6.38. The summed E-state index contributed by atoms with van der Waals surface area (Å²) in [6.07, 6.45) is 0. The van der Waals surface area contributed by atoms with E-state index in [4.69, 9.17) is 0 Å². The van der Waals surface area contributed by atoms with E-state index in [-0.39, 0.29) is 10.3 Å². The molecular formula is C12H12N2OS2. The van der Waals surface area contributed by atoms with Crippen LogP contribution in [0.5, 0.6) is 0 Å². The highest BCUT2D eigenvalue weighted by Crippen LogP contribution is 2.39. The van der Waals surface area contributed by atoms with Crippen molar-refractivity contribution < 1.29 is 0 Å². The first-order valence-corrected chi connectivity index (χ1v) is 6.87. The van der Waals surface area contributed by atoms with Crippen molar-refractivity contribution in [3.05, 3.63) is 34.6 Å². The number of rotatable bonds is 1. The van der Waals surface area contributed by atoms with Gasteiger partial charge in [0.15, 0.2) is 5.16 Å². The Labute approximate surface area is 109 Å². The smallest absolute Gasteiger partial charge is 0.262 e. The molecule has 1 aromatic carbocycles. The minimum Gasteiger partial charge on any atom is -0.286 e. The van der Waals surface area contributed by atoms with Crippen LogP contribution in [0.25, 0.3) is 10.9 Å². The molecule has 0 radical (unpaired) electrons. The van der Waals surface area contributed by atoms with Crippen molar-refractivity contribution in [2.75, 3.05) is 5.75 Å². The Morgan fingerprint density at radius 2 is 2.29 bits per heavy atom. The molecule has 0 amide bonds. The highest BCUT2D eigenvalue weighted by atomic mass is 32.2. The Bertz CT molecular complexity index is 652. The maximum Gasteiger partial charge on any atom is 0.262 e. The first-order valence-electron chi connectivity index (χ1n) is 5.42. The second-order valence-electron chi connectivity index (χ2n) is 4.51. The summed E-state index contributed by atoms with van der Waals surface area (Å²) < 4.78 is 1.74. The number of thioether (sulfide) groups is 1. The van der Waals surface area contributed by atoms with Gasteiger partial charge in [0.2, 0.25) is 0 Å². The quantitative estimate of drug-likeness (QED) is 0.633. The molecule has 0 saturated heterocycles. The van der Waals surface area contributed by atoms with Crippen LogP contribution >= 0.6 is 24.4 Å². The predicted molar refractivity (Wildman–Crippen MR) is 74.1 cm³/mol. The van der Waals surface area contributed by atoms with E-state index in [1.807, 2.05) is 24.3 Å². The number of hydrogen-bond acceptors (Lipinski definition) is 4. The number of hydrogen-bond donors (Lipinski definition) is 1. The van der Waals surface area contributed by atoms with Crippen LogP contribution in [0.4, 0.5) is 0 Å². The number of fused-ring (bicyclic) bond motifs is 2. The lowest BCUT2D eigenvalue weighted by molar-refractivity contribution is 0.553. The average Bonchev–Trinajstić information content (AvgIpc) is 2.68. The minimum absolute atomic E-state index is 0.0281. The van der Waals surface area contributed by atoms with Crippen LogP contribution in [0.15, 0.2) is 34.2 Å². The molecule has 1 aromatic heterocycles. The highest BCUT2D eigenvalue weighted by molar-refractivity contribution is 8.01. The minimum atomic E-state index is -0.0281. The fourth-order valence-electron chi connectivity index (χ4n) is 2.03. The van der Waals surface area contributed by atoms with Crippen LogP contribution < -0.4 is 5.56 Å². The lowest BCUT2D eigenvalue weighted by atomic mass is 10.2. The van der Waals surface area contributed by atoms with Gasteiger partial charge in [0.05, 0.1) is 10.9 Å². The van der Waals surface area contributed by atoms with E-state index in [9.17, 15) is 4.79 Å². The third-order valence-corrected chi connectivity index (χ3v) is 5.16. The van der Waals surface area contributed by atoms with E-state index >= 15 is 0 Å². The molecule has 5 heteroatoms. The number of benzene rings is 1. The van der Waals surface area contributed by atoms with Gasteiger partial charge in [-0.1, -0.05) is 23.9 Å². The average molecular weight is 264 g/mol. The Morgan fingerprint density at radius 1 is 1.53 bits per heavy atom. The molecule has 1 aliphatic heterocycles. The molecule has 0 saturated carbocycles. The Kier molecular flexibility index (Phi) is 2.48. The van der Waals surface area contributed by atoms with Gasteiger partial charge < -0.3 is 0 Å². The van der Waals surface area contributed by atoms with Crippen LogP contribution in [-0.4, -0.2) is 20.1 Å². The zero-order valence-electron chi connectivity index (χ0n) is 9.38. The van der Waals surface area contributed by atoms with Crippen molar-refractivity contribution in [3.63, 3.8) is 0 Å². The van der Waals surface area contributed by atoms with E-state index in [2.05, 4.69) is 24.5 Å². The van der Waals surface area contributed by atoms with Crippen LogP contribution in [0.1, 0.15) is 6.92 Å². The predicted octanol–water partition coefficient (Wildman–Crippen LogP) is 2.19. The van der Waals surface area contributed by atoms with Gasteiger partial charge in [-0.2, -0.15) is 12.6 Å². The van der Waals surface area contributed by atoms with Crippen molar-refractivity contribution >= 4 is 35.3 Å². The van der Waals surface area contributed by atoms with Crippen LogP contribution in [0.2, 0.25) is 0 Å². The molecular weight excluding hydrogens is 252 g/mol. The highest BCUT2D eigenvalue weighted by Gasteiger charge is 2.34. The number of para-hydroxylation sites is 1. The van der Waals surface area contributed by atoms with E-state index in [0.717, 1.165) is 16.4 Å². The van der Waals surface area contributed by atoms with E-state index in [1.165, 1.54) is 0 Å². The second kappa shape index (κ2) is 3.78. The summed E-state index contributed by atoms with van der Waals surface area (Å²) >= 11 is 6.00. The van der Waals surface area contributed by atoms with Gasteiger partial charge in [-0.3, -0.25) is 9.36 Å². The largest absolute Gasteiger partial charge is 0.286 e. The number of nitrogens with zero attached hydrogens (tertiary/aromatic N) is 2. The molecule has 3 nitrogen and oxygen atoms in total. The molecule has 0 bridgehead atoms. The fourth-order valence-corrected chi connectivity index (χ4v) is 3.43. The van der Waals surface area contributed by atoms with E-state index in [0.29, 0.717) is 11.9 Å². The molecule has 2 aromatic rings. The molecule has 0 N–H and O–H groups in total. The molecule has 88 valence electrons. The van der Waals surface area contributed by atoms with Gasteiger partial charge >= 0.3 is 0 Å². The number of thiol groups is 1. The number of aromatic nitrogens is 2. The van der Waals surface area contributed by atoms with Crippen molar-refractivity contribution in [2.24, 2.45) is 0 Å². The first-order chi connectivity index (χ1) is 8.13. The Balaban J connectivity index is 2.28. The summed E-state index contributed by atoms with van der Waals surface area (Å²) in [5.74, 6) is 0.733. The lowest BCUT2D eigenvalue weighted by Gasteiger charge is -2.17. The summed E-state index contributed by atoms with van der Waals surface area (Å²) in [6.45, 7) is 2.80. The molecule has 0 unspecified atom stereocenters. The summed E-state index contributed by atoms with van der Waals surface area (Å²) in [5, 5.41) is 1.51. The maximum absolute atomic E-state index is 12.3. The van der Waals surface area contributed by atoms with Crippen LogP contribution in [0.3, 0.4) is 0 Å². The van der Waals surface area contributed by atoms with Crippen molar-refractivity contribution in [1.82, 2.24) is 9.55 Å². The lowest BCUT2D eigenvalue weighted by Crippen LogP contribution is -2.28. The van der Waals surface area contributed by atoms with Crippen molar-refractivity contribution in [1.29, 1.82) is 0 Å². The van der Waals surface area contributed by atoms with Crippen LogP contribution in [-0.2, 0) is 6.54 Å². The monoisotopic (exact) mass is 264 g/mol. The molecule has 2 heterocycles. The molecule has 1 aliphatic rings. The third-order valence-electron chi connectivity index (χ3n) is 2.99. The first kappa shape index (κ1) is 11.2. The summed E-state index contributed by atoms with van der Waals surface area (Å²) in [4.78, 5) is 16.9. The Morgan fingerprint density at radius 3 is 3.06 bits per heavy atom. The van der Waals surface area contributed by atoms with Gasteiger partial charge in [-0.15, -0.1) is 0 Å². The van der Waals surface area contributed by atoms with E-state index in [1.54, 1.807) is 16.3 Å². The zero-order valence-corrected chi connectivity index (χ0v) is 11.1. The molecule has 1 atom stereocenters. The van der Waals surface area contributed by atoms with Gasteiger partial charge in [0, 0.05) is 17.0 Å². The van der Waals surface area contributed by atoms with Crippen LogP contribution in [0, 0.1) is 0 Å². The molecule has 17 heavy (non-hydrogen) atoms. The SMILES string of the molecule is C[C@]1(CS)Cn2c(nc3ccccc3c2=O)S1. The summed E-state index contributed by atoms with van der Waals surface area (Å²) in [7, 11) is 0. The summed E-state index contributed by atoms with van der Waals surface area (Å²) in [6, 6.07) is 7.50. The third kappa shape index (κ3) is 1.68. The van der Waals surface area contributed by atoms with Gasteiger partial charge in [0.1, 0.15) is 0 Å². The maximum atomic E-state index is 12.3. The Hall–Kier alpha value is -0.940. The topological polar surface area (TPSA) is 34.9 Å². The van der Waals surface area contributed by atoms with Gasteiger partial charge in [-0.25, -0.2) is 4.98 Å². The standard InChI is InChI=1S/C12H12N2OS2/c1-12(7-16)6-14-10(15)8-4-2-3-5-9(8)13-11(14)17-12/h2-5,16H,6-7H2,1H3/t12-/m1/s1. The molecule has 0 spiro atoms. The van der Waals surface area contributed by atoms with Gasteiger partial charge in [0.25, 0.3) is 5.56 Å². The van der Waals surface area contributed by atoms with Gasteiger partial charge in [-0.05, 0) is 19.1 Å².